The standard InChI is InChI=1S/C43H25N3O/c1-3-10-32-26(8-1)16-18-28-24-30(20-22-34(28)32)41-44-42(31-21-23-35-29(25-31)19-17-27-9-2-4-11-33(27)35)46-43(45-41)37-13-7-15-39-40(37)36-12-5-6-14-38(36)47-39/h1-25H. The fourth-order valence-corrected chi connectivity index (χ4v) is 7.02. The van der Waals surface area contributed by atoms with Crippen molar-refractivity contribution in [3.05, 3.63) is 152 Å². The first-order valence-corrected chi connectivity index (χ1v) is 15.8. The molecule has 0 aliphatic heterocycles. The van der Waals surface area contributed by atoms with Crippen molar-refractivity contribution in [2.45, 2.75) is 0 Å². The number of hydrogen-bond donors (Lipinski definition) is 0. The lowest BCUT2D eigenvalue weighted by atomic mass is 9.99. The highest BCUT2D eigenvalue weighted by Gasteiger charge is 2.18. The summed E-state index contributed by atoms with van der Waals surface area (Å²) in [6.45, 7) is 0. The molecule has 10 rings (SSSR count). The van der Waals surface area contributed by atoms with E-state index in [1.54, 1.807) is 0 Å². The number of rotatable bonds is 3. The molecule has 10 aromatic rings. The second-order valence-corrected chi connectivity index (χ2v) is 12.0. The van der Waals surface area contributed by atoms with Gasteiger partial charge in [0.05, 0.1) is 0 Å². The quantitative estimate of drug-likeness (QED) is 0.190. The van der Waals surface area contributed by atoms with Crippen LogP contribution in [-0.2, 0) is 0 Å². The first kappa shape index (κ1) is 25.9. The molecule has 0 aliphatic carbocycles. The van der Waals surface area contributed by atoms with Crippen molar-refractivity contribution >= 4 is 65.0 Å². The Kier molecular flexibility index (Phi) is 5.54. The Labute approximate surface area is 269 Å². The molecule has 0 unspecified atom stereocenters. The van der Waals surface area contributed by atoms with E-state index in [1.807, 2.05) is 30.3 Å². The number of benzene rings is 8. The molecular weight excluding hydrogens is 574 g/mol. The SMILES string of the molecule is c1ccc2c(c1)ccc1cc(-c3nc(-c4ccc5c(ccc6ccccc65)c4)nc(-c4cccc5oc6ccccc6c45)n3)ccc12. The third-order valence-corrected chi connectivity index (χ3v) is 9.29. The molecule has 0 atom stereocenters. The summed E-state index contributed by atoms with van der Waals surface area (Å²) in [4.78, 5) is 15.4. The monoisotopic (exact) mass is 599 g/mol. The maximum absolute atomic E-state index is 6.24. The van der Waals surface area contributed by atoms with Gasteiger partial charge in [-0.25, -0.2) is 15.0 Å². The van der Waals surface area contributed by atoms with Crippen LogP contribution < -0.4 is 0 Å². The molecule has 0 radical (unpaired) electrons. The molecule has 2 aromatic heterocycles. The van der Waals surface area contributed by atoms with Gasteiger partial charge in [-0.1, -0.05) is 127 Å². The Bertz CT molecular complexity index is 2730. The molecule has 0 N–H and O–H groups in total. The van der Waals surface area contributed by atoms with Crippen LogP contribution in [0.5, 0.6) is 0 Å². The zero-order valence-electron chi connectivity index (χ0n) is 25.2. The Balaban J connectivity index is 1.22. The van der Waals surface area contributed by atoms with Gasteiger partial charge in [-0.05, 0) is 67.4 Å². The van der Waals surface area contributed by atoms with Crippen LogP contribution in [0.25, 0.3) is 99.2 Å². The van der Waals surface area contributed by atoms with Crippen molar-refractivity contribution < 1.29 is 4.42 Å². The summed E-state index contributed by atoms with van der Waals surface area (Å²) in [5.41, 5.74) is 4.44. The van der Waals surface area contributed by atoms with E-state index in [4.69, 9.17) is 19.4 Å². The van der Waals surface area contributed by atoms with E-state index in [1.165, 1.54) is 32.3 Å². The lowest BCUT2D eigenvalue weighted by Crippen LogP contribution is -2.00. The lowest BCUT2D eigenvalue weighted by molar-refractivity contribution is 0.669. The fourth-order valence-electron chi connectivity index (χ4n) is 7.02. The van der Waals surface area contributed by atoms with Crippen molar-refractivity contribution in [3.63, 3.8) is 0 Å². The molecule has 47 heavy (non-hydrogen) atoms. The van der Waals surface area contributed by atoms with Gasteiger partial charge >= 0.3 is 0 Å². The maximum atomic E-state index is 6.24. The Morgan fingerprint density at radius 2 is 0.830 bits per heavy atom. The highest BCUT2D eigenvalue weighted by Crippen LogP contribution is 2.37. The summed E-state index contributed by atoms with van der Waals surface area (Å²) in [5, 5.41) is 11.7. The second kappa shape index (κ2) is 10.1. The van der Waals surface area contributed by atoms with Gasteiger partial charge in [0.25, 0.3) is 0 Å². The van der Waals surface area contributed by atoms with Crippen molar-refractivity contribution in [3.8, 4) is 34.2 Å². The molecule has 4 nitrogen and oxygen atoms in total. The molecule has 0 bridgehead atoms. The summed E-state index contributed by atoms with van der Waals surface area (Å²) >= 11 is 0. The van der Waals surface area contributed by atoms with E-state index in [-0.39, 0.29) is 0 Å². The minimum Gasteiger partial charge on any atom is -0.456 e. The van der Waals surface area contributed by atoms with E-state index in [9.17, 15) is 0 Å². The Hall–Kier alpha value is -6.39. The molecule has 8 aromatic carbocycles. The molecule has 0 aliphatic rings. The van der Waals surface area contributed by atoms with E-state index in [2.05, 4.69) is 121 Å². The zero-order valence-corrected chi connectivity index (χ0v) is 25.2. The minimum atomic E-state index is 0.611. The van der Waals surface area contributed by atoms with Crippen molar-refractivity contribution in [1.82, 2.24) is 15.0 Å². The zero-order chi connectivity index (χ0) is 30.9. The van der Waals surface area contributed by atoms with Gasteiger partial charge in [0, 0.05) is 27.5 Å². The summed E-state index contributed by atoms with van der Waals surface area (Å²) in [6.07, 6.45) is 0. The van der Waals surface area contributed by atoms with Crippen LogP contribution in [0, 0.1) is 0 Å². The average molecular weight is 600 g/mol. The number of nitrogens with zero attached hydrogens (tertiary/aromatic N) is 3. The van der Waals surface area contributed by atoms with E-state index < -0.39 is 0 Å². The molecule has 0 spiro atoms. The van der Waals surface area contributed by atoms with Crippen LogP contribution in [0.2, 0.25) is 0 Å². The summed E-state index contributed by atoms with van der Waals surface area (Å²) in [6, 6.07) is 52.9. The molecule has 2 heterocycles. The molecule has 0 saturated carbocycles. The van der Waals surface area contributed by atoms with Crippen molar-refractivity contribution in [2.75, 3.05) is 0 Å². The van der Waals surface area contributed by atoms with Gasteiger partial charge in [0.2, 0.25) is 0 Å². The summed E-state index contributed by atoms with van der Waals surface area (Å²) in [5.74, 6) is 1.87. The number of aromatic nitrogens is 3. The van der Waals surface area contributed by atoms with Gasteiger partial charge in [-0.15, -0.1) is 0 Å². The van der Waals surface area contributed by atoms with Gasteiger partial charge in [0.1, 0.15) is 11.2 Å². The van der Waals surface area contributed by atoms with Crippen LogP contribution in [-0.4, -0.2) is 15.0 Å². The predicted molar refractivity (Wildman–Crippen MR) is 193 cm³/mol. The third-order valence-electron chi connectivity index (χ3n) is 9.29. The third kappa shape index (κ3) is 4.12. The topological polar surface area (TPSA) is 51.8 Å². The molecule has 0 amide bonds. The predicted octanol–water partition coefficient (Wildman–Crippen LogP) is 11.4. The van der Waals surface area contributed by atoms with Crippen LogP contribution >= 0.6 is 0 Å². The molecule has 0 fully saturated rings. The fraction of sp³-hybridized carbons (Fsp3) is 0. The van der Waals surface area contributed by atoms with Crippen molar-refractivity contribution in [1.29, 1.82) is 0 Å². The number of fused-ring (bicyclic) bond motifs is 9. The largest absolute Gasteiger partial charge is 0.456 e. The van der Waals surface area contributed by atoms with Gasteiger partial charge in [-0.3, -0.25) is 0 Å². The Morgan fingerprint density at radius 1 is 0.340 bits per heavy atom. The van der Waals surface area contributed by atoms with Gasteiger partial charge < -0.3 is 4.42 Å². The van der Waals surface area contributed by atoms with Crippen LogP contribution in [0.4, 0.5) is 0 Å². The van der Waals surface area contributed by atoms with Crippen LogP contribution in [0.15, 0.2) is 156 Å². The summed E-state index contributed by atoms with van der Waals surface area (Å²) < 4.78 is 6.24. The highest BCUT2D eigenvalue weighted by molar-refractivity contribution is 6.12. The highest BCUT2D eigenvalue weighted by atomic mass is 16.3. The van der Waals surface area contributed by atoms with E-state index in [0.29, 0.717) is 17.5 Å². The van der Waals surface area contributed by atoms with Gasteiger partial charge in [0.15, 0.2) is 17.5 Å². The smallest absolute Gasteiger partial charge is 0.164 e. The first-order valence-electron chi connectivity index (χ1n) is 15.8. The molecule has 4 heteroatoms. The number of furan rings is 1. The molecule has 218 valence electrons. The summed E-state index contributed by atoms with van der Waals surface area (Å²) in [7, 11) is 0. The van der Waals surface area contributed by atoms with E-state index >= 15 is 0 Å². The molecular formula is C43H25N3O. The number of para-hydroxylation sites is 1. The number of hydrogen-bond acceptors (Lipinski definition) is 4. The second-order valence-electron chi connectivity index (χ2n) is 12.0. The normalized spacial score (nSPS) is 11.8. The minimum absolute atomic E-state index is 0.611. The molecule has 0 saturated heterocycles. The lowest BCUT2D eigenvalue weighted by Gasteiger charge is -2.11. The van der Waals surface area contributed by atoms with Gasteiger partial charge in [-0.2, -0.15) is 0 Å². The van der Waals surface area contributed by atoms with Crippen LogP contribution in [0.3, 0.4) is 0 Å². The van der Waals surface area contributed by atoms with E-state index in [0.717, 1.165) is 49.4 Å². The Morgan fingerprint density at radius 3 is 1.47 bits per heavy atom. The van der Waals surface area contributed by atoms with Crippen molar-refractivity contribution in [2.24, 2.45) is 0 Å². The maximum Gasteiger partial charge on any atom is 0.164 e. The first-order chi connectivity index (χ1) is 23.3. The average Bonchev–Trinajstić information content (AvgIpc) is 3.53. The van der Waals surface area contributed by atoms with Crippen LogP contribution in [0.1, 0.15) is 0 Å².